The van der Waals surface area contributed by atoms with Crippen molar-refractivity contribution in [1.82, 2.24) is 0 Å². The number of benzene rings is 10. The summed E-state index contributed by atoms with van der Waals surface area (Å²) in [7, 11) is 0. The zero-order chi connectivity index (χ0) is 43.0. The van der Waals surface area contributed by atoms with Gasteiger partial charge in [-0.15, -0.1) is 0 Å². The van der Waals surface area contributed by atoms with Crippen LogP contribution in [0.2, 0.25) is 0 Å². The molecule has 1 heteroatoms. The molecule has 0 fully saturated rings. The number of hydrogen-bond acceptors (Lipinski definition) is 1. The summed E-state index contributed by atoms with van der Waals surface area (Å²) in [6, 6.07) is 47.9. The van der Waals surface area contributed by atoms with Gasteiger partial charge < -0.3 is 4.90 Å². The van der Waals surface area contributed by atoms with E-state index >= 15 is 0 Å². The van der Waals surface area contributed by atoms with E-state index in [0.717, 1.165) is 65.3 Å². The lowest BCUT2D eigenvalue weighted by Gasteiger charge is -2.27. The van der Waals surface area contributed by atoms with Crippen LogP contribution in [0.3, 0.4) is 0 Å². The van der Waals surface area contributed by atoms with Crippen LogP contribution in [-0.4, -0.2) is 0 Å². The van der Waals surface area contributed by atoms with Crippen LogP contribution in [0.15, 0.2) is 212 Å². The van der Waals surface area contributed by atoms with Crippen molar-refractivity contribution in [1.29, 1.82) is 0 Å². The van der Waals surface area contributed by atoms with Gasteiger partial charge in [-0.1, -0.05) is 164 Å². The molecule has 0 spiro atoms. The molecule has 0 amide bonds. The first-order valence-electron chi connectivity index (χ1n) is 22.0. The lowest BCUT2D eigenvalue weighted by molar-refractivity contribution is 1.28. The van der Waals surface area contributed by atoms with Crippen molar-refractivity contribution in [3.8, 4) is 33.4 Å². The van der Waals surface area contributed by atoms with Gasteiger partial charge in [0.2, 0.25) is 0 Å². The van der Waals surface area contributed by atoms with E-state index in [1.807, 2.05) is 97.1 Å². The van der Waals surface area contributed by atoms with Gasteiger partial charge in [0.05, 0.1) is 12.3 Å². The lowest BCUT2D eigenvalue weighted by Crippen LogP contribution is -2.10. The molecule has 248 valence electrons. The molecule has 0 N–H and O–H groups in total. The minimum Gasteiger partial charge on any atom is -0.310 e. The Morgan fingerprint density at radius 3 is 1.25 bits per heavy atom. The normalized spacial score (nSPS) is 13.8. The Bertz CT molecular complexity index is 3270. The Hall–Kier alpha value is -6.96. The molecule has 0 aliphatic heterocycles. The van der Waals surface area contributed by atoms with Crippen molar-refractivity contribution >= 4 is 60.2 Å². The molecular formula is C52H35N. The SMILES string of the molecule is [2H]c1c([2H])c([2H])c(-c2c([2H])c([2H])c(N(c3cccc(-c4cc5ccccc5c5ccccc45)c3)c3cccc(-c4cc5ccccc5c5ccccc45)c3)c([2H])c2[2H])c([2H])c1[2H]. The number of fused-ring (bicyclic) bond motifs is 6. The van der Waals surface area contributed by atoms with Gasteiger partial charge in [0, 0.05) is 17.1 Å². The third-order valence-corrected chi connectivity index (χ3v) is 9.95. The van der Waals surface area contributed by atoms with Crippen molar-refractivity contribution in [2.24, 2.45) is 0 Å². The molecule has 0 unspecified atom stereocenters. The third kappa shape index (κ3) is 5.51. The second-order valence-corrected chi connectivity index (χ2v) is 13.0. The molecule has 10 rings (SSSR count). The smallest absolute Gasteiger partial charge is 0.0645 e. The van der Waals surface area contributed by atoms with E-state index in [2.05, 4.69) is 60.7 Å². The van der Waals surface area contributed by atoms with Gasteiger partial charge in [-0.05, 0) is 125 Å². The average Bonchev–Trinajstić information content (AvgIpc) is 3.31. The Labute approximate surface area is 322 Å². The Balaban J connectivity index is 1.24. The summed E-state index contributed by atoms with van der Waals surface area (Å²) >= 11 is 0. The summed E-state index contributed by atoms with van der Waals surface area (Å²) in [5.74, 6) is 0. The highest BCUT2D eigenvalue weighted by atomic mass is 15.1. The summed E-state index contributed by atoms with van der Waals surface area (Å²) in [6.07, 6.45) is 0. The summed E-state index contributed by atoms with van der Waals surface area (Å²) in [5.41, 5.74) is 4.02. The summed E-state index contributed by atoms with van der Waals surface area (Å²) in [5, 5.41) is 8.70. The van der Waals surface area contributed by atoms with Crippen LogP contribution in [0.4, 0.5) is 17.1 Å². The van der Waals surface area contributed by atoms with Gasteiger partial charge >= 0.3 is 0 Å². The maximum absolute atomic E-state index is 9.59. The molecule has 1 nitrogen and oxygen atoms in total. The maximum Gasteiger partial charge on any atom is 0.0645 e. The Morgan fingerprint density at radius 2 is 0.736 bits per heavy atom. The van der Waals surface area contributed by atoms with E-state index in [4.69, 9.17) is 6.85 Å². The molecule has 0 aliphatic rings. The standard InChI is InChI=1S/C52H35N/c1-2-14-36(15-3-1)37-28-30-42(31-29-37)53(43-20-12-18-38(32-43)51-34-40-16-4-6-22-45(40)47-24-8-10-26-49(47)51)44-21-13-19-39(33-44)52-35-41-17-5-7-23-46(41)48-25-9-11-27-50(48)52/h1-35H/i1D,2D,3D,14D,15D,28D,29D,30D,31D. The quantitative estimate of drug-likeness (QED) is 0.158. The maximum atomic E-state index is 9.59. The zero-order valence-electron chi connectivity index (χ0n) is 37.5. The van der Waals surface area contributed by atoms with Gasteiger partial charge in [-0.3, -0.25) is 0 Å². The van der Waals surface area contributed by atoms with Crippen LogP contribution >= 0.6 is 0 Å². The van der Waals surface area contributed by atoms with Gasteiger partial charge in [0.25, 0.3) is 0 Å². The molecular weight excluding hydrogens is 639 g/mol. The van der Waals surface area contributed by atoms with E-state index in [-0.39, 0.29) is 16.8 Å². The molecule has 0 aromatic heterocycles. The summed E-state index contributed by atoms with van der Waals surface area (Å²) in [4.78, 5) is 1.73. The minimum absolute atomic E-state index is 0.0582. The fourth-order valence-corrected chi connectivity index (χ4v) is 7.54. The number of nitrogens with zero attached hydrogens (tertiary/aromatic N) is 1. The Kier molecular flexibility index (Phi) is 5.58. The first kappa shape index (κ1) is 22.8. The van der Waals surface area contributed by atoms with Crippen LogP contribution in [0.25, 0.3) is 76.5 Å². The van der Waals surface area contributed by atoms with Crippen LogP contribution in [-0.2, 0) is 0 Å². The van der Waals surface area contributed by atoms with Crippen molar-refractivity contribution in [2.75, 3.05) is 4.90 Å². The fourth-order valence-electron chi connectivity index (χ4n) is 7.54. The van der Waals surface area contributed by atoms with E-state index in [1.54, 1.807) is 4.90 Å². The molecule has 10 aromatic rings. The average molecular weight is 683 g/mol. The number of rotatable bonds is 6. The first-order chi connectivity index (χ1) is 30.0. The highest BCUT2D eigenvalue weighted by molar-refractivity contribution is 6.15. The van der Waals surface area contributed by atoms with Gasteiger partial charge in [0.1, 0.15) is 0 Å². The highest BCUT2D eigenvalue weighted by Gasteiger charge is 2.17. The molecule has 0 atom stereocenters. The zero-order valence-corrected chi connectivity index (χ0v) is 28.5. The molecule has 0 saturated heterocycles. The van der Waals surface area contributed by atoms with Crippen LogP contribution in [0.1, 0.15) is 12.3 Å². The van der Waals surface area contributed by atoms with Crippen molar-refractivity contribution < 1.29 is 12.3 Å². The topological polar surface area (TPSA) is 3.24 Å². The molecule has 0 bridgehead atoms. The summed E-state index contributed by atoms with van der Waals surface area (Å²) in [6.45, 7) is 0. The van der Waals surface area contributed by atoms with E-state index in [0.29, 0.717) is 11.4 Å². The van der Waals surface area contributed by atoms with Gasteiger partial charge in [-0.2, -0.15) is 0 Å². The van der Waals surface area contributed by atoms with Crippen molar-refractivity contribution in [3.05, 3.63) is 212 Å². The predicted molar refractivity (Wildman–Crippen MR) is 227 cm³/mol. The van der Waals surface area contributed by atoms with Crippen LogP contribution in [0.5, 0.6) is 0 Å². The molecule has 0 radical (unpaired) electrons. The first-order valence-corrected chi connectivity index (χ1v) is 17.5. The largest absolute Gasteiger partial charge is 0.310 e. The van der Waals surface area contributed by atoms with Crippen LogP contribution < -0.4 is 4.90 Å². The van der Waals surface area contributed by atoms with Crippen molar-refractivity contribution in [3.63, 3.8) is 0 Å². The predicted octanol–water partition coefficient (Wildman–Crippen LogP) is 14.8. The van der Waals surface area contributed by atoms with E-state index < -0.39 is 54.4 Å². The minimum atomic E-state index is -0.625. The second kappa shape index (κ2) is 13.0. The number of hydrogen-bond donors (Lipinski definition) is 0. The fraction of sp³-hybridized carbons (Fsp3) is 0. The second-order valence-electron chi connectivity index (χ2n) is 13.0. The molecule has 53 heavy (non-hydrogen) atoms. The molecule has 0 heterocycles. The molecule has 0 saturated carbocycles. The highest BCUT2D eigenvalue weighted by Crippen LogP contribution is 2.42. The van der Waals surface area contributed by atoms with Crippen LogP contribution in [0, 0.1) is 0 Å². The summed E-state index contributed by atoms with van der Waals surface area (Å²) < 4.78 is 80.0. The molecule has 10 aromatic carbocycles. The molecule has 0 aliphatic carbocycles. The van der Waals surface area contributed by atoms with Gasteiger partial charge in [-0.25, -0.2) is 0 Å². The van der Waals surface area contributed by atoms with Crippen molar-refractivity contribution in [2.45, 2.75) is 0 Å². The Morgan fingerprint density at radius 1 is 0.302 bits per heavy atom. The third-order valence-electron chi connectivity index (χ3n) is 9.95. The van der Waals surface area contributed by atoms with Gasteiger partial charge in [0.15, 0.2) is 0 Å². The van der Waals surface area contributed by atoms with E-state index in [1.165, 1.54) is 0 Å². The lowest BCUT2D eigenvalue weighted by atomic mass is 9.92. The van der Waals surface area contributed by atoms with E-state index in [9.17, 15) is 5.48 Å². The number of anilines is 3. The monoisotopic (exact) mass is 682 g/mol.